The van der Waals surface area contributed by atoms with E-state index in [4.69, 9.17) is 22.3 Å². The van der Waals surface area contributed by atoms with E-state index in [1.54, 1.807) is 7.05 Å². The summed E-state index contributed by atoms with van der Waals surface area (Å²) in [7, 11) is 2.56. The number of rotatable bonds is 8. The van der Waals surface area contributed by atoms with Gasteiger partial charge in [-0.05, 0) is 7.05 Å². The number of hydrogen-bond donors (Lipinski definition) is 0. The van der Waals surface area contributed by atoms with Gasteiger partial charge in [0.15, 0.2) is 0 Å². The van der Waals surface area contributed by atoms with Crippen molar-refractivity contribution in [2.45, 2.75) is 0 Å². The molecule has 9 heteroatoms. The first-order chi connectivity index (χ1) is 7.43. The monoisotopic (exact) mass is 273 g/mol. The molecule has 0 bridgehead atoms. The molecule has 0 aliphatic rings. The summed E-state index contributed by atoms with van der Waals surface area (Å²) >= 11 is 0. The average molecular weight is 273 g/mol. The second kappa shape index (κ2) is 6.82. The summed E-state index contributed by atoms with van der Waals surface area (Å²) in [5.74, 6) is 0. The van der Waals surface area contributed by atoms with Crippen LogP contribution in [-0.2, 0) is 26.9 Å². The Morgan fingerprint density at radius 2 is 1.38 bits per heavy atom. The summed E-state index contributed by atoms with van der Waals surface area (Å²) in [6.07, 6.45) is 0.204. The van der Waals surface area contributed by atoms with Crippen molar-refractivity contribution in [1.82, 2.24) is 4.67 Å². The standard InChI is InChI=1S/C7H20NO6PSi/c1-8(15(9,10-2)11-3)7-16(12-4,13-5)14-6/h7H2,1-6H3. The minimum Gasteiger partial charge on any atom is -0.376 e. The van der Waals surface area contributed by atoms with Gasteiger partial charge in [0, 0.05) is 35.5 Å². The van der Waals surface area contributed by atoms with Gasteiger partial charge < -0.3 is 13.3 Å². The van der Waals surface area contributed by atoms with Gasteiger partial charge in [0.05, 0.1) is 6.17 Å². The highest BCUT2D eigenvalue weighted by molar-refractivity contribution is 7.51. The fraction of sp³-hybridized carbons (Fsp3) is 1.00. The van der Waals surface area contributed by atoms with Crippen molar-refractivity contribution in [3.8, 4) is 0 Å². The Labute approximate surface area is 97.5 Å². The van der Waals surface area contributed by atoms with E-state index in [1.165, 1.54) is 40.2 Å². The van der Waals surface area contributed by atoms with E-state index in [9.17, 15) is 4.57 Å². The summed E-state index contributed by atoms with van der Waals surface area (Å²) < 4.78 is 38.7. The van der Waals surface area contributed by atoms with E-state index in [2.05, 4.69) is 0 Å². The van der Waals surface area contributed by atoms with Gasteiger partial charge in [-0.3, -0.25) is 9.05 Å². The topological polar surface area (TPSA) is 66.5 Å². The molecule has 7 nitrogen and oxygen atoms in total. The Bertz CT molecular complexity index is 233. The lowest BCUT2D eigenvalue weighted by Gasteiger charge is -2.31. The van der Waals surface area contributed by atoms with Gasteiger partial charge >= 0.3 is 16.6 Å². The molecule has 0 aromatic carbocycles. The Morgan fingerprint density at radius 3 is 1.62 bits per heavy atom. The molecule has 0 amide bonds. The van der Waals surface area contributed by atoms with Crippen molar-refractivity contribution < 1.29 is 26.9 Å². The zero-order valence-electron chi connectivity index (χ0n) is 10.6. The summed E-state index contributed by atoms with van der Waals surface area (Å²) in [5, 5.41) is 0. The first kappa shape index (κ1) is 16.2. The molecule has 0 radical (unpaired) electrons. The van der Waals surface area contributed by atoms with Crippen LogP contribution in [0.2, 0.25) is 0 Å². The van der Waals surface area contributed by atoms with Gasteiger partial charge in [-0.25, -0.2) is 9.24 Å². The van der Waals surface area contributed by atoms with E-state index in [1.807, 2.05) is 0 Å². The van der Waals surface area contributed by atoms with Crippen LogP contribution in [0.15, 0.2) is 0 Å². The fourth-order valence-corrected chi connectivity index (χ4v) is 4.53. The Hall–Kier alpha value is 0.207. The molecule has 0 aromatic heterocycles. The van der Waals surface area contributed by atoms with Crippen LogP contribution >= 0.6 is 7.75 Å². The zero-order chi connectivity index (χ0) is 12.8. The summed E-state index contributed by atoms with van der Waals surface area (Å²) in [4.78, 5) is 0. The zero-order valence-corrected chi connectivity index (χ0v) is 12.4. The van der Waals surface area contributed by atoms with Gasteiger partial charge in [-0.2, -0.15) is 0 Å². The maximum absolute atomic E-state index is 12.0. The van der Waals surface area contributed by atoms with Gasteiger partial charge in [0.1, 0.15) is 0 Å². The summed E-state index contributed by atoms with van der Waals surface area (Å²) in [6, 6.07) is 0. The van der Waals surface area contributed by atoms with E-state index < -0.39 is 16.6 Å². The molecule has 0 atom stereocenters. The van der Waals surface area contributed by atoms with Gasteiger partial charge in [0.25, 0.3) is 0 Å². The molecule has 0 rings (SSSR count). The SMILES string of the molecule is CO[Si](CN(C)P(=O)(OC)OC)(OC)OC. The summed E-state index contributed by atoms with van der Waals surface area (Å²) in [6.45, 7) is 0. The van der Waals surface area contributed by atoms with Crippen molar-refractivity contribution in [2.75, 3.05) is 48.8 Å². The molecule has 0 aromatic rings. The van der Waals surface area contributed by atoms with E-state index in [-0.39, 0.29) is 6.17 Å². The van der Waals surface area contributed by atoms with E-state index in [0.29, 0.717) is 0 Å². The predicted octanol–water partition coefficient (Wildman–Crippen LogP) is 0.736. The number of hydrogen-bond acceptors (Lipinski definition) is 6. The van der Waals surface area contributed by atoms with Gasteiger partial charge in [0.2, 0.25) is 0 Å². The van der Waals surface area contributed by atoms with Crippen molar-refractivity contribution in [3.05, 3.63) is 0 Å². The summed E-state index contributed by atoms with van der Waals surface area (Å²) in [5.41, 5.74) is 0. The van der Waals surface area contributed by atoms with Crippen molar-refractivity contribution in [2.24, 2.45) is 0 Å². The molecule has 0 aliphatic heterocycles. The minimum atomic E-state index is -3.28. The molecule has 0 heterocycles. The van der Waals surface area contributed by atoms with Gasteiger partial charge in [-0.15, -0.1) is 0 Å². The molecule has 0 fully saturated rings. The highest BCUT2D eigenvalue weighted by atomic mass is 31.2. The lowest BCUT2D eigenvalue weighted by atomic mass is 11.2. The molecule has 0 aliphatic carbocycles. The molecule has 0 spiro atoms. The van der Waals surface area contributed by atoms with Crippen molar-refractivity contribution in [1.29, 1.82) is 0 Å². The van der Waals surface area contributed by atoms with Crippen LogP contribution in [-0.4, -0.2) is 62.2 Å². The first-order valence-corrected chi connectivity index (χ1v) is 7.95. The molecular weight excluding hydrogens is 253 g/mol. The lowest BCUT2D eigenvalue weighted by Crippen LogP contribution is -2.51. The van der Waals surface area contributed by atoms with Crippen LogP contribution in [0.5, 0.6) is 0 Å². The maximum atomic E-state index is 12.0. The van der Waals surface area contributed by atoms with Crippen LogP contribution in [0.25, 0.3) is 0 Å². The normalized spacial score (nSPS) is 13.4. The van der Waals surface area contributed by atoms with Crippen molar-refractivity contribution in [3.63, 3.8) is 0 Å². The quantitative estimate of drug-likeness (QED) is 0.477. The average Bonchev–Trinajstić information content (AvgIpc) is 2.34. The molecule has 0 unspecified atom stereocenters. The molecule has 0 saturated carbocycles. The fourth-order valence-electron chi connectivity index (χ4n) is 1.16. The Balaban J connectivity index is 4.75. The third-order valence-corrected chi connectivity index (χ3v) is 7.13. The third kappa shape index (κ3) is 3.61. The van der Waals surface area contributed by atoms with Crippen LogP contribution in [0.1, 0.15) is 0 Å². The van der Waals surface area contributed by atoms with Crippen LogP contribution in [0.3, 0.4) is 0 Å². The Morgan fingerprint density at radius 1 is 1.00 bits per heavy atom. The Kier molecular flexibility index (Phi) is 6.91. The third-order valence-electron chi connectivity index (χ3n) is 2.24. The molecule has 0 saturated heterocycles. The molecule has 0 N–H and O–H groups in total. The van der Waals surface area contributed by atoms with Crippen LogP contribution in [0, 0.1) is 0 Å². The van der Waals surface area contributed by atoms with E-state index in [0.717, 1.165) is 0 Å². The predicted molar refractivity (Wildman–Crippen MR) is 61.0 cm³/mol. The van der Waals surface area contributed by atoms with Crippen LogP contribution in [0.4, 0.5) is 0 Å². The molecule has 98 valence electrons. The maximum Gasteiger partial charge on any atom is 0.515 e. The van der Waals surface area contributed by atoms with Gasteiger partial charge in [-0.1, -0.05) is 0 Å². The largest absolute Gasteiger partial charge is 0.515 e. The highest BCUT2D eigenvalue weighted by Gasteiger charge is 2.44. The second-order valence-electron chi connectivity index (χ2n) is 2.94. The minimum absolute atomic E-state index is 0.204. The molecular formula is C7H20NO6PSi. The molecule has 16 heavy (non-hydrogen) atoms. The van der Waals surface area contributed by atoms with Crippen LogP contribution < -0.4 is 0 Å². The van der Waals surface area contributed by atoms with E-state index >= 15 is 0 Å². The first-order valence-electron chi connectivity index (χ1n) is 4.52. The highest BCUT2D eigenvalue weighted by Crippen LogP contribution is 2.49. The smallest absolute Gasteiger partial charge is 0.376 e. The second-order valence-corrected chi connectivity index (χ2v) is 8.20. The number of nitrogens with zero attached hydrogens (tertiary/aromatic N) is 1. The lowest BCUT2D eigenvalue weighted by molar-refractivity contribution is 0.110. The van der Waals surface area contributed by atoms with Crippen molar-refractivity contribution >= 4 is 16.6 Å².